The fraction of sp³-hybridized carbons (Fsp3) is 0.348. The SMILES string of the molecule is CC(=O)Nc1cccc(C(=O)NC(=NC[C@@H]2CCCO2)Nc2ccc(C)c(C)c2)c1. The van der Waals surface area contributed by atoms with Gasteiger partial charge in [-0.05, 0) is 68.1 Å². The fourth-order valence-electron chi connectivity index (χ4n) is 3.17. The van der Waals surface area contributed by atoms with Gasteiger partial charge in [-0.15, -0.1) is 0 Å². The second-order valence-electron chi connectivity index (χ2n) is 7.46. The highest BCUT2D eigenvalue weighted by molar-refractivity contribution is 6.10. The molecule has 2 aromatic carbocycles. The van der Waals surface area contributed by atoms with Gasteiger partial charge >= 0.3 is 0 Å². The van der Waals surface area contributed by atoms with Crippen molar-refractivity contribution in [2.24, 2.45) is 4.99 Å². The van der Waals surface area contributed by atoms with Gasteiger partial charge in [-0.2, -0.15) is 0 Å². The number of anilines is 2. The summed E-state index contributed by atoms with van der Waals surface area (Å²) in [5, 5.41) is 8.75. The topological polar surface area (TPSA) is 91.8 Å². The first kappa shape index (κ1) is 21.5. The molecule has 3 rings (SSSR count). The molecular formula is C23H28N4O3. The summed E-state index contributed by atoms with van der Waals surface area (Å²) in [6.07, 6.45) is 2.07. The first-order chi connectivity index (χ1) is 14.4. The van der Waals surface area contributed by atoms with E-state index in [2.05, 4.69) is 27.9 Å². The zero-order valence-corrected chi connectivity index (χ0v) is 17.6. The van der Waals surface area contributed by atoms with Gasteiger partial charge in [0.1, 0.15) is 0 Å². The number of rotatable bonds is 5. The number of amides is 2. The fourth-order valence-corrected chi connectivity index (χ4v) is 3.17. The molecule has 158 valence electrons. The van der Waals surface area contributed by atoms with Crippen molar-refractivity contribution >= 4 is 29.1 Å². The van der Waals surface area contributed by atoms with Crippen molar-refractivity contribution in [3.05, 3.63) is 59.2 Å². The summed E-state index contributed by atoms with van der Waals surface area (Å²) in [7, 11) is 0. The van der Waals surface area contributed by atoms with Crippen molar-refractivity contribution < 1.29 is 14.3 Å². The van der Waals surface area contributed by atoms with Crippen LogP contribution in [0.3, 0.4) is 0 Å². The average Bonchev–Trinajstić information content (AvgIpc) is 3.22. The quantitative estimate of drug-likeness (QED) is 0.520. The zero-order chi connectivity index (χ0) is 21.5. The standard InChI is InChI=1S/C23H28N4O3/c1-15-9-10-20(12-16(15)2)26-23(24-14-21-8-5-11-30-21)27-22(29)18-6-4-7-19(13-18)25-17(3)28/h4,6-7,9-10,12-13,21H,5,8,11,14H2,1-3H3,(H,25,28)(H2,24,26,27,29)/t21-/m0/s1. The van der Waals surface area contributed by atoms with Crippen LogP contribution in [-0.4, -0.2) is 37.0 Å². The third-order valence-corrected chi connectivity index (χ3v) is 4.92. The number of ether oxygens (including phenoxy) is 1. The van der Waals surface area contributed by atoms with E-state index in [-0.39, 0.29) is 17.9 Å². The number of hydrogen-bond donors (Lipinski definition) is 3. The molecular weight excluding hydrogens is 380 g/mol. The Morgan fingerprint density at radius 2 is 1.87 bits per heavy atom. The Balaban J connectivity index is 1.76. The lowest BCUT2D eigenvalue weighted by molar-refractivity contribution is -0.114. The van der Waals surface area contributed by atoms with E-state index in [0.29, 0.717) is 23.8 Å². The number of benzene rings is 2. The second kappa shape index (κ2) is 10.0. The third-order valence-electron chi connectivity index (χ3n) is 4.92. The number of aryl methyl sites for hydroxylation is 2. The summed E-state index contributed by atoms with van der Waals surface area (Å²) in [6.45, 7) is 6.74. The Bertz CT molecular complexity index is 949. The van der Waals surface area contributed by atoms with Gasteiger partial charge in [-0.25, -0.2) is 4.99 Å². The maximum Gasteiger partial charge on any atom is 0.258 e. The molecule has 0 unspecified atom stereocenters. The molecule has 1 aliphatic heterocycles. The summed E-state index contributed by atoms with van der Waals surface area (Å²) in [4.78, 5) is 28.7. The maximum absolute atomic E-state index is 12.8. The van der Waals surface area contributed by atoms with Gasteiger partial charge in [0, 0.05) is 30.5 Å². The summed E-state index contributed by atoms with van der Waals surface area (Å²) in [5.74, 6) is -0.143. The number of carbonyl (C=O) groups excluding carboxylic acids is 2. The lowest BCUT2D eigenvalue weighted by Gasteiger charge is -2.14. The smallest absolute Gasteiger partial charge is 0.258 e. The molecule has 7 heteroatoms. The Labute approximate surface area is 176 Å². The van der Waals surface area contributed by atoms with E-state index >= 15 is 0 Å². The van der Waals surface area contributed by atoms with E-state index < -0.39 is 0 Å². The minimum atomic E-state index is -0.315. The molecule has 0 spiro atoms. The van der Waals surface area contributed by atoms with Crippen LogP contribution in [-0.2, 0) is 9.53 Å². The van der Waals surface area contributed by atoms with Crippen molar-refractivity contribution in [2.75, 3.05) is 23.8 Å². The molecule has 0 aromatic heterocycles. The highest BCUT2D eigenvalue weighted by atomic mass is 16.5. The van der Waals surface area contributed by atoms with Crippen LogP contribution >= 0.6 is 0 Å². The van der Waals surface area contributed by atoms with Crippen molar-refractivity contribution in [3.8, 4) is 0 Å². The molecule has 1 fully saturated rings. The predicted molar refractivity (Wildman–Crippen MR) is 119 cm³/mol. The Hall–Kier alpha value is -3.19. The van der Waals surface area contributed by atoms with Gasteiger partial charge in [-0.1, -0.05) is 12.1 Å². The molecule has 1 heterocycles. The van der Waals surface area contributed by atoms with E-state index in [1.165, 1.54) is 12.5 Å². The Kier molecular flexibility index (Phi) is 7.19. The predicted octanol–water partition coefficient (Wildman–Crippen LogP) is 3.64. The van der Waals surface area contributed by atoms with Crippen LogP contribution < -0.4 is 16.0 Å². The number of nitrogens with one attached hydrogen (secondary N) is 3. The minimum Gasteiger partial charge on any atom is -0.376 e. The van der Waals surface area contributed by atoms with Gasteiger partial charge in [0.15, 0.2) is 0 Å². The number of hydrogen-bond acceptors (Lipinski definition) is 4. The van der Waals surface area contributed by atoms with Crippen molar-refractivity contribution in [1.82, 2.24) is 5.32 Å². The lowest BCUT2D eigenvalue weighted by atomic mass is 10.1. The van der Waals surface area contributed by atoms with Crippen molar-refractivity contribution in [2.45, 2.75) is 39.7 Å². The normalized spacial score (nSPS) is 16.2. The summed E-state index contributed by atoms with van der Waals surface area (Å²) in [6, 6.07) is 12.8. The molecule has 0 radical (unpaired) electrons. The third kappa shape index (κ3) is 6.15. The number of carbonyl (C=O) groups is 2. The minimum absolute atomic E-state index is 0.0709. The molecule has 0 saturated carbocycles. The van der Waals surface area contributed by atoms with Crippen molar-refractivity contribution in [3.63, 3.8) is 0 Å². The number of guanidine groups is 1. The summed E-state index contributed by atoms with van der Waals surface area (Å²) >= 11 is 0. The van der Waals surface area contributed by atoms with Crippen LogP contribution in [0.2, 0.25) is 0 Å². The molecule has 0 bridgehead atoms. The first-order valence-electron chi connectivity index (χ1n) is 10.1. The van der Waals surface area contributed by atoms with Crippen LogP contribution in [0.5, 0.6) is 0 Å². The average molecular weight is 409 g/mol. The first-order valence-corrected chi connectivity index (χ1v) is 10.1. The van der Waals surface area contributed by atoms with Crippen LogP contribution in [0.25, 0.3) is 0 Å². The highest BCUT2D eigenvalue weighted by Crippen LogP contribution is 2.16. The number of aliphatic imine (C=N–C) groups is 1. The molecule has 2 aromatic rings. The molecule has 7 nitrogen and oxygen atoms in total. The van der Waals surface area contributed by atoms with Gasteiger partial charge < -0.3 is 15.4 Å². The van der Waals surface area contributed by atoms with E-state index in [9.17, 15) is 9.59 Å². The maximum atomic E-state index is 12.8. The van der Waals surface area contributed by atoms with Crippen LogP contribution in [0.1, 0.15) is 41.3 Å². The largest absolute Gasteiger partial charge is 0.376 e. The van der Waals surface area contributed by atoms with Gasteiger partial charge in [0.2, 0.25) is 11.9 Å². The molecule has 1 aliphatic rings. The molecule has 30 heavy (non-hydrogen) atoms. The Morgan fingerprint density at radius 1 is 1.07 bits per heavy atom. The van der Waals surface area contributed by atoms with E-state index in [1.54, 1.807) is 24.3 Å². The molecule has 2 amide bonds. The highest BCUT2D eigenvalue weighted by Gasteiger charge is 2.16. The van der Waals surface area contributed by atoms with Gasteiger partial charge in [0.25, 0.3) is 5.91 Å². The molecule has 3 N–H and O–H groups in total. The van der Waals surface area contributed by atoms with E-state index in [4.69, 9.17) is 4.74 Å². The summed E-state index contributed by atoms with van der Waals surface area (Å²) in [5.41, 5.74) is 4.17. The molecule has 1 saturated heterocycles. The number of nitrogens with zero attached hydrogens (tertiary/aromatic N) is 1. The molecule has 0 aliphatic carbocycles. The van der Waals surface area contributed by atoms with Crippen LogP contribution in [0.4, 0.5) is 11.4 Å². The molecule has 1 atom stereocenters. The summed E-state index contributed by atoms with van der Waals surface area (Å²) < 4.78 is 5.64. The monoisotopic (exact) mass is 408 g/mol. The van der Waals surface area contributed by atoms with E-state index in [1.807, 2.05) is 25.1 Å². The van der Waals surface area contributed by atoms with Gasteiger partial charge in [0.05, 0.1) is 12.6 Å². The van der Waals surface area contributed by atoms with Crippen LogP contribution in [0.15, 0.2) is 47.5 Å². The lowest BCUT2D eigenvalue weighted by Crippen LogP contribution is -2.36. The van der Waals surface area contributed by atoms with Gasteiger partial charge in [-0.3, -0.25) is 14.9 Å². The second-order valence-corrected chi connectivity index (χ2v) is 7.46. The zero-order valence-electron chi connectivity index (χ0n) is 17.6. The van der Waals surface area contributed by atoms with Crippen molar-refractivity contribution in [1.29, 1.82) is 0 Å². The van der Waals surface area contributed by atoms with E-state index in [0.717, 1.165) is 30.7 Å². The van der Waals surface area contributed by atoms with Crippen LogP contribution in [0, 0.1) is 13.8 Å². The Morgan fingerprint density at radius 3 is 2.57 bits per heavy atom.